The van der Waals surface area contributed by atoms with Gasteiger partial charge in [-0.1, -0.05) is 125 Å². The number of sulfone groups is 9. The Bertz CT molecular complexity index is 6330. The van der Waals surface area contributed by atoms with Gasteiger partial charge in [-0.05, 0) is 236 Å². The van der Waals surface area contributed by atoms with Gasteiger partial charge in [0.25, 0.3) is 0 Å². The fraction of sp³-hybridized carbons (Fsp3) is 0.471. The quantitative estimate of drug-likeness (QED) is 0.0342. The monoisotopic (exact) mass is 2200 g/mol. The van der Waals surface area contributed by atoms with Gasteiger partial charge in [0.2, 0.25) is 0 Å². The van der Waals surface area contributed by atoms with Crippen molar-refractivity contribution in [2.24, 2.45) is 0 Å². The van der Waals surface area contributed by atoms with E-state index in [9.17, 15) is 88.9 Å². The van der Waals surface area contributed by atoms with Gasteiger partial charge in [0.15, 0.2) is 100 Å². The number of unbranched alkanes of at least 4 members (excludes halogenated alkanes) is 8. The third-order valence-electron chi connectivity index (χ3n) is 20.0. The summed E-state index contributed by atoms with van der Waals surface area (Å²) >= 11 is 0. The Morgan fingerprint density at radius 2 is 0.535 bits per heavy atom. The molecule has 810 valence electrons. The lowest BCUT2D eigenvalue weighted by atomic mass is 10.3. The van der Waals surface area contributed by atoms with Crippen LogP contribution in [0, 0.1) is 0 Å². The molecule has 0 aliphatic heterocycles. The number of halogens is 3. The van der Waals surface area contributed by atoms with E-state index in [0.717, 1.165) is 75.6 Å². The zero-order valence-corrected chi connectivity index (χ0v) is 93.7. The smallest absolute Gasteiger partial charge is 0.497 e. The average molecular weight is 2200 g/mol. The molecule has 0 N–H and O–H groups in total. The predicted octanol–water partition coefficient (Wildman–Crippen LogP) is 21.3. The number of hydrogen-bond donors (Lipinski definition) is 0. The Morgan fingerprint density at radius 3 is 0.896 bits per heavy atom. The minimum atomic E-state index is -4.78. The Balaban J connectivity index is 0.000000811. The molecule has 9 aromatic carbocycles. The number of benzene rings is 9. The lowest BCUT2D eigenvalue weighted by Gasteiger charge is -2.10. The molecular weight excluding hydrogens is 2050 g/mol. The summed E-state index contributed by atoms with van der Waals surface area (Å²) in [5.41, 5.74) is 0. The first kappa shape index (κ1) is 132. The molecule has 0 unspecified atom stereocenters. The molecule has 0 fully saturated rings. The second-order valence-electron chi connectivity index (χ2n) is 31.8. The van der Waals surface area contributed by atoms with Crippen molar-refractivity contribution < 1.29 is 146 Å². The topological polar surface area (TPSA) is 418 Å². The summed E-state index contributed by atoms with van der Waals surface area (Å²) in [6.45, 7) is 22.0. The normalized spacial score (nSPS) is 11.5. The molecule has 0 aliphatic carbocycles. The van der Waals surface area contributed by atoms with Crippen molar-refractivity contribution in [3.63, 3.8) is 0 Å². The Hall–Kier alpha value is -10.1. The largest absolute Gasteiger partial charge is 0.573 e. The van der Waals surface area contributed by atoms with E-state index in [0.29, 0.717) is 146 Å². The summed E-state index contributed by atoms with van der Waals surface area (Å²) in [6.07, 6.45) is 8.54. The van der Waals surface area contributed by atoms with Crippen molar-refractivity contribution in [2.45, 2.75) is 235 Å². The third kappa shape index (κ3) is 49.4. The van der Waals surface area contributed by atoms with Crippen LogP contribution in [0.1, 0.15) is 179 Å². The van der Waals surface area contributed by atoms with E-state index in [1.54, 1.807) is 165 Å². The molecule has 0 spiro atoms. The highest BCUT2D eigenvalue weighted by molar-refractivity contribution is 7.93. The number of alkyl halides is 3. The van der Waals surface area contributed by atoms with Crippen molar-refractivity contribution >= 4 is 88.5 Å². The molecule has 9 aromatic rings. The summed E-state index contributed by atoms with van der Waals surface area (Å²) in [5, 5.41) is 0. The van der Waals surface area contributed by atoms with Crippen LogP contribution in [0.2, 0.25) is 0 Å². The maximum atomic E-state index is 12.1. The average Bonchev–Trinajstić information content (AvgIpc) is 0.817. The van der Waals surface area contributed by atoms with Crippen molar-refractivity contribution in [2.75, 3.05) is 123 Å². The van der Waals surface area contributed by atoms with Crippen molar-refractivity contribution in [1.29, 1.82) is 0 Å². The number of rotatable bonds is 47. The van der Waals surface area contributed by atoms with E-state index in [-0.39, 0.29) is 71.7 Å². The fourth-order valence-corrected chi connectivity index (χ4v) is 24.7. The summed E-state index contributed by atoms with van der Waals surface area (Å²) in [7, 11) is -15.3. The number of para-hydroxylation sites is 1. The van der Waals surface area contributed by atoms with Gasteiger partial charge >= 0.3 is 6.36 Å². The van der Waals surface area contributed by atoms with E-state index in [2.05, 4.69) is 4.74 Å². The van der Waals surface area contributed by atoms with E-state index in [1.807, 2.05) is 76.2 Å². The molecule has 42 heteroatoms. The second-order valence-corrected chi connectivity index (χ2v) is 50.6. The predicted molar refractivity (Wildman–Crippen MR) is 559 cm³/mol. The van der Waals surface area contributed by atoms with Crippen molar-refractivity contribution in [1.82, 2.24) is 0 Å². The number of hydrogen-bond acceptors (Lipinski definition) is 30. The molecule has 0 heterocycles. The number of methoxy groups -OCH3 is 9. The molecule has 0 aliphatic rings. The zero-order chi connectivity index (χ0) is 109. The maximum Gasteiger partial charge on any atom is 0.573 e. The Kier molecular flexibility index (Phi) is 61.3. The van der Waals surface area contributed by atoms with E-state index >= 15 is 0 Å². The maximum absolute atomic E-state index is 12.1. The summed E-state index contributed by atoms with van der Waals surface area (Å²) in [4.78, 5) is 2.42. The van der Waals surface area contributed by atoms with Crippen LogP contribution in [0.25, 0.3) is 0 Å². The molecular formula is C102H147F3O30S9. The zero-order valence-electron chi connectivity index (χ0n) is 86.4. The van der Waals surface area contributed by atoms with Crippen LogP contribution in [-0.2, 0) is 88.5 Å². The van der Waals surface area contributed by atoms with Gasteiger partial charge in [0, 0.05) is 24.5 Å². The molecule has 0 radical (unpaired) electrons. The highest BCUT2D eigenvalue weighted by atomic mass is 32.2. The minimum Gasteiger partial charge on any atom is -0.497 e. The van der Waals surface area contributed by atoms with E-state index in [1.165, 1.54) is 81.3 Å². The second kappa shape index (κ2) is 66.9. The van der Waals surface area contributed by atoms with Crippen LogP contribution in [0.5, 0.6) is 69.0 Å². The molecule has 0 saturated heterocycles. The molecule has 0 amide bonds. The first-order chi connectivity index (χ1) is 67.7. The summed E-state index contributed by atoms with van der Waals surface area (Å²) in [5.74, 6) is 6.64. The Morgan fingerprint density at radius 1 is 0.243 bits per heavy atom. The minimum absolute atomic E-state index is 0.00507. The van der Waals surface area contributed by atoms with E-state index < -0.39 is 101 Å². The van der Waals surface area contributed by atoms with Gasteiger partial charge in [-0.2, -0.15) is 0 Å². The van der Waals surface area contributed by atoms with Crippen molar-refractivity contribution in [3.8, 4) is 69.0 Å². The highest BCUT2D eigenvalue weighted by Gasteiger charge is 2.32. The lowest BCUT2D eigenvalue weighted by Crippen LogP contribution is -2.17. The van der Waals surface area contributed by atoms with Crippen LogP contribution in [0.3, 0.4) is 0 Å². The lowest BCUT2D eigenvalue weighted by molar-refractivity contribution is -0.274. The third-order valence-corrected chi connectivity index (χ3v) is 35.7. The van der Waals surface area contributed by atoms with Crippen LogP contribution in [0.15, 0.2) is 244 Å². The molecule has 0 atom stereocenters. The van der Waals surface area contributed by atoms with Crippen LogP contribution < -0.4 is 56.8 Å². The molecule has 0 saturated carbocycles. The van der Waals surface area contributed by atoms with Gasteiger partial charge in [-0.3, -0.25) is 0 Å². The molecule has 0 aromatic heterocycles. The highest BCUT2D eigenvalue weighted by Crippen LogP contribution is 2.35. The molecule has 9 rings (SSSR count). The first-order valence-corrected chi connectivity index (χ1v) is 61.8. The molecule has 30 nitrogen and oxygen atoms in total. The Labute approximate surface area is 855 Å². The van der Waals surface area contributed by atoms with E-state index in [4.69, 9.17) is 52.1 Å². The summed E-state index contributed by atoms with van der Waals surface area (Å²) < 4.78 is 308. The van der Waals surface area contributed by atoms with Gasteiger partial charge < -0.3 is 56.8 Å². The van der Waals surface area contributed by atoms with Crippen LogP contribution >= 0.6 is 0 Å². The standard InChI is InChI=1S/C13H20O3S.3C12H18O4S.C11H13F3O3S.3C11H16O3S.C9H12O3S/c1-4-5-10-17(14,15)13-8-6-12(7-9-13)16-11(2)3;1-4-5-8-17(13,14)12-7-6-10(15-2)9-11(12)16-3;1-4-5-8-17(13,14)10-6-7-11(15-2)12(9-10)16-3;1-4-5-8-17(13,14)12-9-10(15-2)6-7-11(12)16-3;1-2-3-8-18(15,16)10-6-4-9(5-7-10)17-11(12,13)14;1-3-4-9-15(12,13)11-7-5-10(14-2)6-8-11;1-3-4-9-15(12,13)11-8-6-5-7-10(11)14-2;1-3-4-8-15(12,13)11-7-5-6-10(9-11)14-2;1-3-12-8-4-6-9(7-5-8)13(2,10)11/h6-9,11H,4-5,10H2,1-3H3;3*6-7,9H,4-5,8H2,1-3H3;4-7H,2-3,8H2,1H3;2*5-8H,3-4,9H2,1-2H3;5-7,9H,3-4,8H2,1-2H3;4-7H,3H2,1-2H3. The fourth-order valence-electron chi connectivity index (χ4n) is 11.9. The first-order valence-electron chi connectivity index (χ1n) is 46.6. The van der Waals surface area contributed by atoms with Crippen LogP contribution in [-0.4, -0.2) is 211 Å². The van der Waals surface area contributed by atoms with Crippen molar-refractivity contribution in [3.05, 3.63) is 200 Å². The number of ether oxygens (including phenoxy) is 12. The van der Waals surface area contributed by atoms with Gasteiger partial charge in [0.1, 0.15) is 72.2 Å². The van der Waals surface area contributed by atoms with Gasteiger partial charge in [0.05, 0.1) is 152 Å². The van der Waals surface area contributed by atoms with Crippen LogP contribution in [0.4, 0.5) is 13.2 Å². The van der Waals surface area contributed by atoms with Gasteiger partial charge in [-0.25, -0.2) is 75.8 Å². The molecule has 144 heavy (non-hydrogen) atoms. The molecule has 0 bridgehead atoms. The van der Waals surface area contributed by atoms with Gasteiger partial charge in [-0.15, -0.1) is 13.2 Å². The summed E-state index contributed by atoms with van der Waals surface area (Å²) in [6, 6.07) is 51.3. The SMILES string of the molecule is CCCCS(=O)(=O)c1cc(OC)ccc1OC.CCCCS(=O)(=O)c1ccc(OC(C)C)cc1.CCCCS(=O)(=O)c1ccc(OC(F)(F)F)cc1.CCCCS(=O)(=O)c1ccc(OC)c(OC)c1.CCCCS(=O)(=O)c1ccc(OC)cc1.CCCCS(=O)(=O)c1ccc(OC)cc1OC.CCCCS(=O)(=O)c1cccc(OC)c1.CCCCS(=O)(=O)c1ccccc1OC.CCOc1ccc(S(C)(=O)=O)cc1.